The summed E-state index contributed by atoms with van der Waals surface area (Å²) in [5.74, 6) is 0.0847. The summed E-state index contributed by atoms with van der Waals surface area (Å²) >= 11 is 0. The molecule has 1 heterocycles. The van der Waals surface area contributed by atoms with E-state index in [4.69, 9.17) is 19.9 Å². The molecule has 2 N–H and O–H groups in total. The third kappa shape index (κ3) is 4.95. The number of carbonyl (C=O) groups is 1. The van der Waals surface area contributed by atoms with Crippen LogP contribution in [0, 0.1) is 11.3 Å². The van der Waals surface area contributed by atoms with Crippen LogP contribution in [0.2, 0.25) is 0 Å². The number of carbonyl (C=O) groups excluding carboxylic acids is 1. The lowest BCUT2D eigenvalue weighted by molar-refractivity contribution is -0.135. The maximum atomic E-state index is 13.5. The van der Waals surface area contributed by atoms with Crippen LogP contribution < -0.4 is 19.9 Å². The van der Waals surface area contributed by atoms with Gasteiger partial charge >= 0.3 is 5.97 Å². The highest BCUT2D eigenvalue weighted by Gasteiger charge is 2.32. The zero-order valence-corrected chi connectivity index (χ0v) is 20.8. The van der Waals surface area contributed by atoms with Gasteiger partial charge in [-0.05, 0) is 41.8 Å². The maximum Gasteiger partial charge on any atom is 0.323 e. The van der Waals surface area contributed by atoms with Crippen molar-refractivity contribution in [3.8, 4) is 23.3 Å². The Labute approximate surface area is 221 Å². The molecule has 6 heteroatoms. The van der Waals surface area contributed by atoms with E-state index >= 15 is 0 Å². The van der Waals surface area contributed by atoms with E-state index in [-0.39, 0.29) is 5.88 Å². The molecule has 4 aromatic rings. The summed E-state index contributed by atoms with van der Waals surface area (Å²) in [5.41, 5.74) is 9.77. The van der Waals surface area contributed by atoms with Gasteiger partial charge in [-0.15, -0.1) is 0 Å². The molecule has 0 aliphatic carbocycles. The monoisotopic (exact) mass is 502 g/mol. The molecule has 0 amide bonds. The van der Waals surface area contributed by atoms with E-state index in [9.17, 15) is 10.1 Å². The fourth-order valence-electron chi connectivity index (χ4n) is 4.70. The minimum atomic E-state index is -0.596. The number of allylic oxidation sites excluding steroid dienone is 1. The number of rotatable bonds is 7. The predicted molar refractivity (Wildman–Crippen MR) is 144 cm³/mol. The van der Waals surface area contributed by atoms with Crippen LogP contribution in [0.25, 0.3) is 0 Å². The summed E-state index contributed by atoms with van der Waals surface area (Å²) in [5, 5.41) is 9.85. The second-order valence-electron chi connectivity index (χ2n) is 8.80. The lowest BCUT2D eigenvalue weighted by Crippen LogP contribution is -2.22. The Hall–Kier alpha value is -5.02. The van der Waals surface area contributed by atoms with Crippen molar-refractivity contribution in [3.63, 3.8) is 0 Å². The number of benzene rings is 4. The van der Waals surface area contributed by atoms with Crippen molar-refractivity contribution >= 4 is 5.97 Å². The molecule has 5 rings (SSSR count). The number of ether oxygens (including phenoxy) is 3. The molecule has 0 saturated carbocycles. The number of nitrogens with two attached hydrogens (primary N) is 1. The van der Waals surface area contributed by atoms with E-state index in [1.807, 2.05) is 97.9 Å². The highest BCUT2D eigenvalue weighted by atomic mass is 16.5. The first kappa shape index (κ1) is 24.7. The second kappa shape index (κ2) is 10.9. The lowest BCUT2D eigenvalue weighted by atomic mass is 9.83. The zero-order chi connectivity index (χ0) is 26.5. The van der Waals surface area contributed by atoms with Crippen LogP contribution in [0.15, 0.2) is 115 Å². The van der Waals surface area contributed by atoms with Crippen molar-refractivity contribution < 1.29 is 19.0 Å². The quantitative estimate of drug-likeness (QED) is 0.245. The Kier molecular flexibility index (Phi) is 7.10. The molecule has 4 aromatic carbocycles. The van der Waals surface area contributed by atoms with Crippen molar-refractivity contribution in [3.05, 3.63) is 137 Å². The molecule has 6 nitrogen and oxygen atoms in total. The highest BCUT2D eigenvalue weighted by Crippen LogP contribution is 2.44. The number of hydrogen-bond donors (Lipinski definition) is 1. The third-order valence-corrected chi connectivity index (χ3v) is 6.43. The van der Waals surface area contributed by atoms with Crippen molar-refractivity contribution in [1.82, 2.24) is 0 Å². The van der Waals surface area contributed by atoms with E-state index in [0.717, 1.165) is 28.0 Å². The van der Waals surface area contributed by atoms with Gasteiger partial charge in [0.05, 0.1) is 12.5 Å². The molecule has 1 atom stereocenters. The molecule has 1 unspecified atom stereocenters. The van der Waals surface area contributed by atoms with Crippen molar-refractivity contribution in [2.45, 2.75) is 18.8 Å². The van der Waals surface area contributed by atoms with Crippen LogP contribution in [-0.4, -0.2) is 12.6 Å². The van der Waals surface area contributed by atoms with Gasteiger partial charge in [0.15, 0.2) is 0 Å². The first-order valence-corrected chi connectivity index (χ1v) is 12.3. The van der Waals surface area contributed by atoms with Crippen LogP contribution in [0.1, 0.15) is 41.0 Å². The van der Waals surface area contributed by atoms with Crippen molar-refractivity contribution in [1.29, 1.82) is 5.26 Å². The minimum absolute atomic E-state index is 0.0220. The molecular formula is C32H26N2O4. The Morgan fingerprint density at radius 1 is 0.921 bits per heavy atom. The summed E-state index contributed by atoms with van der Waals surface area (Å²) < 4.78 is 17.2. The standard InChI is InChI=1S/C32H26N2O4/c1-2-36-24-15-13-23(14-16-24)30-26-18-17-25(19-28(26)38-31(34)27(30)20-33)37-32(35)29(21-9-5-3-6-10-21)22-11-7-4-8-12-22/h3-19,29-30H,2,34H2,1H3. The molecule has 0 saturated heterocycles. The van der Waals surface area contributed by atoms with Crippen molar-refractivity contribution in [2.24, 2.45) is 5.73 Å². The zero-order valence-electron chi connectivity index (χ0n) is 20.8. The van der Waals surface area contributed by atoms with Crippen LogP contribution in [-0.2, 0) is 4.79 Å². The average Bonchev–Trinajstić information content (AvgIpc) is 2.94. The van der Waals surface area contributed by atoms with E-state index in [1.165, 1.54) is 0 Å². The van der Waals surface area contributed by atoms with Gasteiger partial charge in [0.1, 0.15) is 34.8 Å². The van der Waals surface area contributed by atoms with Crippen LogP contribution in [0.5, 0.6) is 17.2 Å². The first-order chi connectivity index (χ1) is 18.6. The van der Waals surface area contributed by atoms with E-state index in [1.54, 1.807) is 12.1 Å². The van der Waals surface area contributed by atoms with Crippen LogP contribution in [0.4, 0.5) is 0 Å². The Bertz CT molecular complexity index is 1470. The largest absolute Gasteiger partial charge is 0.494 e. The molecule has 38 heavy (non-hydrogen) atoms. The van der Waals surface area contributed by atoms with E-state index < -0.39 is 17.8 Å². The van der Waals surface area contributed by atoms with E-state index in [0.29, 0.717) is 23.7 Å². The van der Waals surface area contributed by atoms with Gasteiger partial charge in [0.2, 0.25) is 5.88 Å². The molecular weight excluding hydrogens is 476 g/mol. The minimum Gasteiger partial charge on any atom is -0.494 e. The second-order valence-corrected chi connectivity index (χ2v) is 8.80. The lowest BCUT2D eigenvalue weighted by Gasteiger charge is -2.27. The molecule has 0 bridgehead atoms. The topological polar surface area (TPSA) is 94.6 Å². The Balaban J connectivity index is 1.47. The van der Waals surface area contributed by atoms with Gasteiger partial charge in [-0.1, -0.05) is 78.9 Å². The number of nitrogens with zero attached hydrogens (tertiary/aromatic N) is 1. The van der Waals surface area contributed by atoms with Crippen molar-refractivity contribution in [2.75, 3.05) is 6.61 Å². The molecule has 0 radical (unpaired) electrons. The normalized spacial score (nSPS) is 14.3. The van der Waals surface area contributed by atoms with Crippen LogP contribution in [0.3, 0.4) is 0 Å². The summed E-state index contributed by atoms with van der Waals surface area (Å²) in [6.07, 6.45) is 0. The van der Waals surface area contributed by atoms with Crippen LogP contribution >= 0.6 is 0 Å². The summed E-state index contributed by atoms with van der Waals surface area (Å²) in [6, 6.07) is 33.9. The van der Waals surface area contributed by atoms with E-state index in [2.05, 4.69) is 6.07 Å². The number of nitriles is 1. The SMILES string of the molecule is CCOc1ccc(C2C(C#N)=C(N)Oc3cc(OC(=O)C(c4ccccc4)c4ccccc4)ccc32)cc1. The first-order valence-electron chi connectivity index (χ1n) is 12.3. The van der Waals surface area contributed by atoms with Gasteiger partial charge < -0.3 is 19.9 Å². The molecule has 1 aliphatic heterocycles. The number of fused-ring (bicyclic) bond motifs is 1. The number of hydrogen-bond acceptors (Lipinski definition) is 6. The number of esters is 1. The van der Waals surface area contributed by atoms with Gasteiger partial charge in [-0.3, -0.25) is 4.79 Å². The molecule has 0 fully saturated rings. The third-order valence-electron chi connectivity index (χ3n) is 6.43. The summed E-state index contributed by atoms with van der Waals surface area (Å²) in [6.45, 7) is 2.48. The average molecular weight is 503 g/mol. The fourth-order valence-corrected chi connectivity index (χ4v) is 4.70. The van der Waals surface area contributed by atoms with Gasteiger partial charge in [-0.2, -0.15) is 5.26 Å². The van der Waals surface area contributed by atoms with Gasteiger partial charge in [0.25, 0.3) is 0 Å². The smallest absolute Gasteiger partial charge is 0.323 e. The Morgan fingerprint density at radius 3 is 2.11 bits per heavy atom. The predicted octanol–water partition coefficient (Wildman–Crippen LogP) is 6.04. The van der Waals surface area contributed by atoms with Gasteiger partial charge in [0, 0.05) is 11.6 Å². The fraction of sp³-hybridized carbons (Fsp3) is 0.125. The maximum absolute atomic E-state index is 13.5. The Morgan fingerprint density at radius 2 is 1.53 bits per heavy atom. The highest BCUT2D eigenvalue weighted by molar-refractivity contribution is 5.84. The molecule has 188 valence electrons. The molecule has 0 spiro atoms. The van der Waals surface area contributed by atoms with Gasteiger partial charge in [-0.25, -0.2) is 0 Å². The molecule has 1 aliphatic rings. The molecule has 0 aromatic heterocycles. The summed E-state index contributed by atoms with van der Waals surface area (Å²) in [4.78, 5) is 13.5. The summed E-state index contributed by atoms with van der Waals surface area (Å²) in [7, 11) is 0.